The largest absolute Gasteiger partial charge is 0.497 e. The molecule has 1 aliphatic heterocycles. The van der Waals surface area contributed by atoms with Crippen molar-refractivity contribution < 1.29 is 19.3 Å². The van der Waals surface area contributed by atoms with E-state index in [1.54, 1.807) is 7.11 Å². The minimum Gasteiger partial charge on any atom is -0.497 e. The Labute approximate surface area is 107 Å². The van der Waals surface area contributed by atoms with Crippen molar-refractivity contribution in [3.63, 3.8) is 0 Å². The fourth-order valence-electron chi connectivity index (χ4n) is 2.07. The Balaban J connectivity index is 1.94. The molecule has 100 valence electrons. The van der Waals surface area contributed by atoms with Crippen LogP contribution in [-0.4, -0.2) is 31.2 Å². The average molecular weight is 252 g/mol. The molecule has 1 fully saturated rings. The summed E-state index contributed by atoms with van der Waals surface area (Å²) in [4.78, 5) is 0. The van der Waals surface area contributed by atoms with Gasteiger partial charge in [0, 0.05) is 5.41 Å². The molecule has 1 aromatic carbocycles. The number of benzene rings is 1. The van der Waals surface area contributed by atoms with Gasteiger partial charge in [-0.2, -0.15) is 0 Å². The predicted octanol–water partition coefficient (Wildman–Crippen LogP) is 1.96. The van der Waals surface area contributed by atoms with E-state index in [2.05, 4.69) is 0 Å². The van der Waals surface area contributed by atoms with Crippen molar-refractivity contribution in [2.24, 2.45) is 5.41 Å². The molecule has 1 aromatic rings. The molecule has 1 heterocycles. The van der Waals surface area contributed by atoms with Crippen LogP contribution >= 0.6 is 0 Å². The molecule has 0 bridgehead atoms. The molecule has 1 aliphatic rings. The van der Waals surface area contributed by atoms with Crippen LogP contribution in [0.5, 0.6) is 5.75 Å². The standard InChI is InChI=1S/C14H20O4/c1-14(2)9-18-13(15)12(14)17-8-10-4-6-11(16-3)7-5-10/h4-7,12-13,15H,8-9H2,1-3H3. The molecule has 0 amide bonds. The van der Waals surface area contributed by atoms with Gasteiger partial charge in [-0.25, -0.2) is 0 Å². The van der Waals surface area contributed by atoms with Crippen molar-refractivity contribution in [1.82, 2.24) is 0 Å². The normalized spacial score (nSPS) is 26.2. The number of ether oxygens (including phenoxy) is 3. The van der Waals surface area contributed by atoms with Crippen LogP contribution in [0.15, 0.2) is 24.3 Å². The first-order chi connectivity index (χ1) is 8.53. The van der Waals surface area contributed by atoms with Gasteiger partial charge in [0.15, 0.2) is 6.29 Å². The second-order valence-corrected chi connectivity index (χ2v) is 5.27. The number of aliphatic hydroxyl groups excluding tert-OH is 1. The highest BCUT2D eigenvalue weighted by molar-refractivity contribution is 5.26. The Bertz CT molecular complexity index is 385. The van der Waals surface area contributed by atoms with Crippen molar-refractivity contribution in [3.05, 3.63) is 29.8 Å². The average Bonchev–Trinajstić information content (AvgIpc) is 2.62. The molecule has 4 nitrogen and oxygen atoms in total. The van der Waals surface area contributed by atoms with Gasteiger partial charge in [0.25, 0.3) is 0 Å². The Kier molecular flexibility index (Phi) is 3.90. The zero-order chi connectivity index (χ0) is 13.2. The summed E-state index contributed by atoms with van der Waals surface area (Å²) in [5, 5.41) is 9.72. The zero-order valence-corrected chi connectivity index (χ0v) is 11.1. The van der Waals surface area contributed by atoms with Crippen LogP contribution < -0.4 is 4.74 Å². The van der Waals surface area contributed by atoms with Gasteiger partial charge in [-0.1, -0.05) is 26.0 Å². The SMILES string of the molecule is COc1ccc(COC2C(O)OCC2(C)C)cc1. The first-order valence-corrected chi connectivity index (χ1v) is 6.07. The summed E-state index contributed by atoms with van der Waals surface area (Å²) in [5.41, 5.74) is 0.886. The maximum absolute atomic E-state index is 9.72. The molecule has 0 spiro atoms. The lowest BCUT2D eigenvalue weighted by Crippen LogP contribution is -2.35. The number of hydrogen-bond donors (Lipinski definition) is 1. The summed E-state index contributed by atoms with van der Waals surface area (Å²) in [5.74, 6) is 0.823. The van der Waals surface area contributed by atoms with Crippen LogP contribution in [0, 0.1) is 5.41 Å². The number of rotatable bonds is 4. The maximum Gasteiger partial charge on any atom is 0.181 e. The third kappa shape index (κ3) is 2.83. The lowest BCUT2D eigenvalue weighted by Gasteiger charge is -2.26. The highest BCUT2D eigenvalue weighted by Gasteiger charge is 2.43. The Morgan fingerprint density at radius 1 is 1.33 bits per heavy atom. The van der Waals surface area contributed by atoms with Gasteiger partial charge >= 0.3 is 0 Å². The molecule has 2 atom stereocenters. The molecular formula is C14H20O4. The van der Waals surface area contributed by atoms with E-state index in [0.717, 1.165) is 11.3 Å². The topological polar surface area (TPSA) is 47.9 Å². The predicted molar refractivity (Wildman–Crippen MR) is 67.3 cm³/mol. The smallest absolute Gasteiger partial charge is 0.181 e. The van der Waals surface area contributed by atoms with E-state index in [1.807, 2.05) is 38.1 Å². The van der Waals surface area contributed by atoms with Crippen molar-refractivity contribution in [1.29, 1.82) is 0 Å². The molecule has 2 rings (SSSR count). The van der Waals surface area contributed by atoms with Crippen LogP contribution in [-0.2, 0) is 16.1 Å². The van der Waals surface area contributed by atoms with Gasteiger partial charge < -0.3 is 19.3 Å². The molecule has 1 N–H and O–H groups in total. The van der Waals surface area contributed by atoms with Crippen molar-refractivity contribution in [2.75, 3.05) is 13.7 Å². The van der Waals surface area contributed by atoms with E-state index < -0.39 is 6.29 Å². The summed E-state index contributed by atoms with van der Waals surface area (Å²) in [6, 6.07) is 7.69. The second-order valence-electron chi connectivity index (χ2n) is 5.27. The molecule has 0 radical (unpaired) electrons. The first-order valence-electron chi connectivity index (χ1n) is 6.07. The van der Waals surface area contributed by atoms with E-state index in [-0.39, 0.29) is 11.5 Å². The van der Waals surface area contributed by atoms with E-state index in [0.29, 0.717) is 13.2 Å². The van der Waals surface area contributed by atoms with Crippen molar-refractivity contribution >= 4 is 0 Å². The number of methoxy groups -OCH3 is 1. The molecule has 2 unspecified atom stereocenters. The van der Waals surface area contributed by atoms with Gasteiger partial charge in [-0.15, -0.1) is 0 Å². The Hall–Kier alpha value is -1.10. The van der Waals surface area contributed by atoms with E-state index in [9.17, 15) is 5.11 Å². The summed E-state index contributed by atoms with van der Waals surface area (Å²) < 4.78 is 16.1. The molecule has 18 heavy (non-hydrogen) atoms. The van der Waals surface area contributed by atoms with Crippen LogP contribution in [0.3, 0.4) is 0 Å². The van der Waals surface area contributed by atoms with Gasteiger partial charge in [0.2, 0.25) is 0 Å². The minimum atomic E-state index is -0.835. The quantitative estimate of drug-likeness (QED) is 0.890. The van der Waals surface area contributed by atoms with Crippen molar-refractivity contribution in [3.8, 4) is 5.75 Å². The Morgan fingerprint density at radius 2 is 2.00 bits per heavy atom. The van der Waals surface area contributed by atoms with Crippen molar-refractivity contribution in [2.45, 2.75) is 32.8 Å². The van der Waals surface area contributed by atoms with Gasteiger partial charge in [0.05, 0.1) is 20.3 Å². The fraction of sp³-hybridized carbons (Fsp3) is 0.571. The van der Waals surface area contributed by atoms with E-state index in [1.165, 1.54) is 0 Å². The number of hydrogen-bond acceptors (Lipinski definition) is 4. The van der Waals surface area contributed by atoms with Crippen LogP contribution in [0.2, 0.25) is 0 Å². The summed E-state index contributed by atoms with van der Waals surface area (Å²) in [6.45, 7) is 5.03. The summed E-state index contributed by atoms with van der Waals surface area (Å²) in [7, 11) is 1.64. The lowest BCUT2D eigenvalue weighted by molar-refractivity contribution is -0.138. The summed E-state index contributed by atoms with van der Waals surface area (Å²) in [6.07, 6.45) is -1.13. The molecule has 0 saturated carbocycles. The van der Waals surface area contributed by atoms with Gasteiger partial charge in [-0.3, -0.25) is 0 Å². The molecule has 4 heteroatoms. The molecular weight excluding hydrogens is 232 g/mol. The third-order valence-electron chi connectivity index (χ3n) is 3.24. The molecule has 0 aliphatic carbocycles. The maximum atomic E-state index is 9.72. The lowest BCUT2D eigenvalue weighted by atomic mass is 9.89. The monoisotopic (exact) mass is 252 g/mol. The third-order valence-corrected chi connectivity index (χ3v) is 3.24. The molecule has 1 saturated heterocycles. The van der Waals surface area contributed by atoms with Gasteiger partial charge in [-0.05, 0) is 17.7 Å². The first kappa shape index (κ1) is 13.3. The van der Waals surface area contributed by atoms with E-state index in [4.69, 9.17) is 14.2 Å². The van der Waals surface area contributed by atoms with Crippen LogP contribution in [0.25, 0.3) is 0 Å². The van der Waals surface area contributed by atoms with Crippen LogP contribution in [0.1, 0.15) is 19.4 Å². The van der Waals surface area contributed by atoms with E-state index >= 15 is 0 Å². The highest BCUT2D eigenvalue weighted by Crippen LogP contribution is 2.34. The Morgan fingerprint density at radius 3 is 2.50 bits per heavy atom. The minimum absolute atomic E-state index is 0.161. The van der Waals surface area contributed by atoms with Crippen LogP contribution in [0.4, 0.5) is 0 Å². The summed E-state index contributed by atoms with van der Waals surface area (Å²) >= 11 is 0. The zero-order valence-electron chi connectivity index (χ0n) is 11.1. The highest BCUT2D eigenvalue weighted by atomic mass is 16.6. The molecule has 0 aromatic heterocycles. The second kappa shape index (κ2) is 5.26. The van der Waals surface area contributed by atoms with Gasteiger partial charge in [0.1, 0.15) is 11.9 Å². The number of aliphatic hydroxyl groups is 1. The fourth-order valence-corrected chi connectivity index (χ4v) is 2.07.